The highest BCUT2D eigenvalue weighted by Crippen LogP contribution is 2.44. The molecule has 0 bridgehead atoms. The first-order chi connectivity index (χ1) is 69.5. The number of unbranched alkanes of at least 4 members (excludes halogenated alkanes) is 4. The Morgan fingerprint density at radius 3 is 1.12 bits per heavy atom. The van der Waals surface area contributed by atoms with Crippen molar-refractivity contribution in [2.75, 3.05) is 66.1 Å². The van der Waals surface area contributed by atoms with E-state index in [4.69, 9.17) is 99.5 Å². The molecule has 56 atom stereocenters. The molecule has 11 saturated heterocycles. The first-order valence-electron chi connectivity index (χ1n) is 49.0. The van der Waals surface area contributed by atoms with Gasteiger partial charge in [-0.3, -0.25) is 24.0 Å². The zero-order valence-electron chi connectivity index (χ0n) is 81.9. The lowest BCUT2D eigenvalue weighted by molar-refractivity contribution is -0.399. The minimum Gasteiger partial charge on any atom is -0.394 e. The Morgan fingerprint density at radius 2 is 0.673 bits per heavy atom. The van der Waals surface area contributed by atoms with Crippen molar-refractivity contribution in [3.63, 3.8) is 0 Å². The molecule has 0 spiro atoms. The fourth-order valence-electron chi connectivity index (χ4n) is 19.8. The molecule has 11 aliphatic rings. The maximum Gasteiger partial charge on any atom is 0.231 e. The van der Waals surface area contributed by atoms with Crippen LogP contribution in [0.25, 0.3) is 0 Å². The Kier molecular flexibility index (Phi) is 45.5. The number of amides is 4. The molecule has 11 fully saturated rings. The van der Waals surface area contributed by atoms with E-state index < -0.39 is 451 Å². The molecule has 59 nitrogen and oxygen atoms in total. The van der Waals surface area contributed by atoms with E-state index in [1.165, 1.54) is 13.8 Å². The summed E-state index contributed by atoms with van der Waals surface area (Å²) in [5, 5.41) is 340. The van der Waals surface area contributed by atoms with Gasteiger partial charge in [0.2, 0.25) is 29.4 Å². The maximum atomic E-state index is 14.4. The van der Waals surface area contributed by atoms with Crippen molar-refractivity contribution in [3.8, 4) is 0 Å². The van der Waals surface area contributed by atoms with Gasteiger partial charge >= 0.3 is 0 Å². The molecule has 11 rings (SSSR count). The van der Waals surface area contributed by atoms with Crippen LogP contribution in [0.15, 0.2) is 0 Å². The van der Waals surface area contributed by atoms with Crippen LogP contribution in [0.4, 0.5) is 0 Å². The van der Waals surface area contributed by atoms with E-state index in [-0.39, 0.29) is 12.8 Å². The lowest BCUT2D eigenvalue weighted by Crippen LogP contribution is -2.71. The number of hydrogen-bond donors (Lipinski definition) is 33. The van der Waals surface area contributed by atoms with Gasteiger partial charge in [0.15, 0.2) is 62.4 Å². The molecule has 4 amide bonds. The molecule has 22 unspecified atom stereocenters. The Morgan fingerprint density at radius 1 is 0.327 bits per heavy atom. The van der Waals surface area contributed by atoms with Crippen molar-refractivity contribution in [1.29, 1.82) is 0 Å². The maximum absolute atomic E-state index is 14.4. The average Bonchev–Trinajstić information content (AvgIpc) is 0.768. The molecule has 0 aromatic carbocycles. The highest BCUT2D eigenvalue weighted by Gasteiger charge is 2.64. The largest absolute Gasteiger partial charge is 0.394 e. The topological polar surface area (TPSA) is 914 Å². The van der Waals surface area contributed by atoms with Crippen molar-refractivity contribution in [2.24, 2.45) is 11.8 Å². The minimum atomic E-state index is -2.65. The molecule has 59 heteroatoms. The number of nitrogens with one attached hydrogen (secondary N) is 4. The molecule has 0 aromatic rings. The molecule has 852 valence electrons. The molecular formula is C88H150N4O55. The van der Waals surface area contributed by atoms with Crippen molar-refractivity contribution in [3.05, 3.63) is 0 Å². The molecule has 0 aliphatic carbocycles. The molecule has 0 aromatic heterocycles. The smallest absolute Gasteiger partial charge is 0.231 e. The third-order valence-corrected chi connectivity index (χ3v) is 28.2. The van der Waals surface area contributed by atoms with Gasteiger partial charge in [0.25, 0.3) is 0 Å². The number of Topliss-reactive ketones (excluding diaryl/α,β-unsaturated/α-hetero) is 1. The van der Waals surface area contributed by atoms with Gasteiger partial charge in [-0.05, 0) is 19.3 Å². The van der Waals surface area contributed by atoms with E-state index in [0.717, 1.165) is 47.0 Å². The predicted octanol–water partition coefficient (Wildman–Crippen LogP) is -18.3. The number of carbonyl (C=O) groups excluding carboxylic acids is 5. The summed E-state index contributed by atoms with van der Waals surface area (Å²) >= 11 is 0. The van der Waals surface area contributed by atoms with Crippen molar-refractivity contribution in [2.45, 2.75) is 444 Å². The van der Waals surface area contributed by atoms with Crippen LogP contribution in [0.1, 0.15) is 107 Å². The van der Waals surface area contributed by atoms with Crippen LogP contribution in [0.5, 0.6) is 0 Å². The van der Waals surface area contributed by atoms with Gasteiger partial charge in [0.05, 0.1) is 96.5 Å². The summed E-state index contributed by atoms with van der Waals surface area (Å²) in [6.45, 7) is 0.931. The highest BCUT2D eigenvalue weighted by atomic mass is 16.8. The highest BCUT2D eigenvalue weighted by molar-refractivity contribution is 5.86. The SMILES string of the molecule is CCCCCCCC(=O)[C@@]1(OCC2O[C@@H](O[C@@H]3C(CO)O[C@@H](OC4[C@@H](OCC5O[C@@H](O[C@@H]6C(CO)O[C@@H](O[C@@H]7C(CO[C@@H]8O[C@@H](C)[C@@H](O)C(O)C8O)O[C@@H](C(C)C)C(NC(C)=O)[C@H]7O)C(NC(C)=O)[C@H]6O)C(O)[C@@H](O[C@H]6OC(CO)[C@@H](O)C(O)C6O[C@@H]6OC(CO)[C@@H](O[C@@H]7OC(CO)[C@H](O)[C@H](O)C7O)[C@H](O)C6NC(C)=O)[C@@H]5O)OC(CO)[C@@H](O)[C@@H]4O)C(NC(C)=O)[C@H]3O)C(O)[C@@H](O)[C@H]2O)C[C@@H](O)[C@@H](C)C([C@H](O)[C@H](O)CO)O1. The van der Waals surface area contributed by atoms with Gasteiger partial charge < -0.3 is 269 Å². The van der Waals surface area contributed by atoms with Crippen molar-refractivity contribution in [1.82, 2.24) is 21.3 Å². The van der Waals surface area contributed by atoms with Crippen molar-refractivity contribution < 1.29 is 272 Å². The van der Waals surface area contributed by atoms with Crippen LogP contribution < -0.4 is 21.3 Å². The second-order valence-corrected chi connectivity index (χ2v) is 39.2. The first kappa shape index (κ1) is 123. The van der Waals surface area contributed by atoms with Crippen molar-refractivity contribution >= 4 is 29.4 Å². The third kappa shape index (κ3) is 28.2. The standard InChI is InChI=1S/C88H150N4O55/c1-10-11-12-13-14-15-45(106)88(16-34(104)28(4)71(147-88)51(108)35(105)17-93)129-26-43-55(112)63(120)68(125)84(139-43)142-73-40(22-98)136-80(48(59(73)116)91-32(8)102)145-77-64(121)53(110)37(19-95)133-86(77)128-24-42-56(113)76(144-87-78(65(122)54(111)38(20-96)134-87)146-81-49(92-33(9)103)60(117)72(39(21-97)137-81)141-83-67(124)62(119)52(109)36(18-94)132-83)69(126)85(138-42)143-74-41(23-99)135-79(47(58(74)115)90-31(7)101)140-75-44(25-127-82-66(123)61(118)50(107)29(5)130-82)131-70(27(2)3)46(57(75)114)89-30(6)100/h27-29,34-44,46-87,93-99,104-105,107-126H,10-26H2,1-9H3,(H,89,100)(H,90,101)(H,91,102)(H,92,103)/t28-,29+,34-,35-,36?,37?,38?,39?,40?,41?,42?,43?,44?,46?,47?,48?,49?,50-,51-,52+,53-,54-,55+,56-,57-,58-,59-,60-,61?,62+,63+,64+,65?,66?,67?,68?,69?,70+,71?,72-,73-,74-,75-,76+,77?,78?,79+,80+,81+,82-,83+,84+,85+,86+,87-,88-/m1/s1. The van der Waals surface area contributed by atoms with E-state index in [9.17, 15) is 172 Å². The summed E-state index contributed by atoms with van der Waals surface area (Å²) < 4.78 is 129. The molecule has 11 aliphatic heterocycles. The van der Waals surface area contributed by atoms with Gasteiger partial charge in [-0.15, -0.1) is 0 Å². The van der Waals surface area contributed by atoms with Crippen LogP contribution >= 0.6 is 0 Å². The van der Waals surface area contributed by atoms with E-state index in [0.29, 0.717) is 6.42 Å². The molecular weight excluding hydrogens is 1990 g/mol. The number of aliphatic hydroxyl groups is 29. The fourth-order valence-corrected chi connectivity index (χ4v) is 19.8. The van der Waals surface area contributed by atoms with Gasteiger partial charge in [-0.2, -0.15) is 0 Å². The summed E-state index contributed by atoms with van der Waals surface area (Å²) in [4.78, 5) is 67.3. The zero-order valence-corrected chi connectivity index (χ0v) is 81.9. The molecule has 33 N–H and O–H groups in total. The number of hydrogen-bond acceptors (Lipinski definition) is 55. The second-order valence-electron chi connectivity index (χ2n) is 39.2. The van der Waals surface area contributed by atoms with Crippen LogP contribution in [-0.4, -0.2) is 580 Å². The van der Waals surface area contributed by atoms with E-state index in [2.05, 4.69) is 21.3 Å². The Bertz CT molecular complexity index is 4050. The van der Waals surface area contributed by atoms with Gasteiger partial charge in [-0.1, -0.05) is 53.4 Å². The number of rotatable bonds is 44. The van der Waals surface area contributed by atoms with E-state index in [1.54, 1.807) is 13.8 Å². The molecule has 147 heavy (non-hydrogen) atoms. The Labute approximate surface area is 841 Å². The molecule has 0 radical (unpaired) electrons. The molecule has 0 saturated carbocycles. The monoisotopic (exact) mass is 2140 g/mol. The Hall–Kier alpha value is -4.45. The number of aliphatic hydroxyl groups excluding tert-OH is 29. The number of carbonyl (C=O) groups is 5. The lowest BCUT2D eigenvalue weighted by Gasteiger charge is -2.51. The normalized spacial score (nSPS) is 46.9. The zero-order chi connectivity index (χ0) is 108. The quantitative estimate of drug-likeness (QED) is 0.0252. The second kappa shape index (κ2) is 54.5. The fraction of sp³-hybridized carbons (Fsp3) is 0.943. The van der Waals surface area contributed by atoms with Crippen LogP contribution in [0, 0.1) is 11.8 Å². The van der Waals surface area contributed by atoms with E-state index >= 15 is 0 Å². The summed E-state index contributed by atoms with van der Waals surface area (Å²) in [5.74, 6) is -8.50. The van der Waals surface area contributed by atoms with Crippen LogP contribution in [0.3, 0.4) is 0 Å². The third-order valence-electron chi connectivity index (χ3n) is 28.2. The van der Waals surface area contributed by atoms with Gasteiger partial charge in [-0.25, -0.2) is 0 Å². The van der Waals surface area contributed by atoms with Crippen LogP contribution in [-0.2, 0) is 123 Å². The predicted molar refractivity (Wildman–Crippen MR) is 471 cm³/mol. The summed E-state index contributed by atoms with van der Waals surface area (Å²) in [6, 6.07) is -7.40. The summed E-state index contributed by atoms with van der Waals surface area (Å²) in [7, 11) is 0. The first-order valence-corrected chi connectivity index (χ1v) is 49.0. The lowest BCUT2D eigenvalue weighted by atomic mass is 9.83. The molecule has 11 heterocycles. The van der Waals surface area contributed by atoms with Crippen LogP contribution in [0.2, 0.25) is 0 Å². The number of ether oxygens (including phenoxy) is 21. The summed E-state index contributed by atoms with van der Waals surface area (Å²) in [6.07, 6.45) is -101. The average molecular weight is 2140 g/mol. The summed E-state index contributed by atoms with van der Waals surface area (Å²) in [5.41, 5.74) is 0. The minimum absolute atomic E-state index is 0.243. The van der Waals surface area contributed by atoms with Gasteiger partial charge in [0, 0.05) is 46.5 Å². The van der Waals surface area contributed by atoms with Gasteiger partial charge in [0.1, 0.15) is 244 Å². The van der Waals surface area contributed by atoms with E-state index in [1.807, 2.05) is 6.92 Å². The number of ketones is 1. The Balaban J connectivity index is 0.908.